The van der Waals surface area contributed by atoms with Crippen molar-refractivity contribution in [3.05, 3.63) is 52.0 Å². The maximum atomic E-state index is 5.98. The first-order valence-corrected chi connectivity index (χ1v) is 7.96. The molecule has 2 atom stereocenters. The van der Waals surface area contributed by atoms with Gasteiger partial charge in [0, 0.05) is 36.6 Å². The predicted molar refractivity (Wildman–Crippen MR) is 83.9 cm³/mol. The summed E-state index contributed by atoms with van der Waals surface area (Å²) in [4.78, 5) is 8.21. The fourth-order valence-electron chi connectivity index (χ4n) is 3.11. The molecule has 2 aromatic rings. The van der Waals surface area contributed by atoms with Gasteiger partial charge in [-0.05, 0) is 24.9 Å². The lowest BCUT2D eigenvalue weighted by Gasteiger charge is -2.16. The van der Waals surface area contributed by atoms with Crippen molar-refractivity contribution in [3.8, 4) is 0 Å². The maximum Gasteiger partial charge on any atom is 0.0897 e. The molecule has 0 radical (unpaired) electrons. The fourth-order valence-corrected chi connectivity index (χ4v) is 3.94. The molecule has 3 rings (SSSR count). The van der Waals surface area contributed by atoms with E-state index in [2.05, 4.69) is 47.1 Å². The highest BCUT2D eigenvalue weighted by atomic mass is 32.1. The van der Waals surface area contributed by atoms with E-state index in [0.717, 1.165) is 31.2 Å². The van der Waals surface area contributed by atoms with Crippen LogP contribution in [0, 0.1) is 12.8 Å². The predicted octanol–water partition coefficient (Wildman–Crippen LogP) is 2.63. The summed E-state index contributed by atoms with van der Waals surface area (Å²) in [7, 11) is 0. The Morgan fingerprint density at radius 2 is 2.10 bits per heavy atom. The highest BCUT2D eigenvalue weighted by Gasteiger charge is 2.32. The molecule has 0 saturated carbocycles. The van der Waals surface area contributed by atoms with Crippen LogP contribution in [0.15, 0.2) is 36.5 Å². The van der Waals surface area contributed by atoms with Crippen molar-refractivity contribution in [3.63, 3.8) is 0 Å². The molecule has 2 N–H and O–H groups in total. The van der Waals surface area contributed by atoms with E-state index in [1.807, 2.05) is 6.20 Å². The van der Waals surface area contributed by atoms with Crippen molar-refractivity contribution in [2.24, 2.45) is 11.7 Å². The topological polar surface area (TPSA) is 42.2 Å². The van der Waals surface area contributed by atoms with Gasteiger partial charge < -0.3 is 5.73 Å². The molecule has 2 heterocycles. The first-order valence-electron chi connectivity index (χ1n) is 7.15. The molecule has 4 heteroatoms. The fraction of sp³-hybridized carbons (Fsp3) is 0.438. The second-order valence-electron chi connectivity index (χ2n) is 5.55. The quantitative estimate of drug-likeness (QED) is 0.940. The van der Waals surface area contributed by atoms with Crippen molar-refractivity contribution in [2.75, 3.05) is 19.6 Å². The lowest BCUT2D eigenvalue weighted by molar-refractivity contribution is 0.319. The number of likely N-dealkylation sites (tertiary alicyclic amines) is 1. The highest BCUT2D eigenvalue weighted by molar-refractivity contribution is 7.11. The van der Waals surface area contributed by atoms with Gasteiger partial charge >= 0.3 is 0 Å². The minimum atomic E-state index is 0.561. The largest absolute Gasteiger partial charge is 0.330 e. The molecule has 0 aliphatic carbocycles. The molecule has 1 aromatic heterocycles. The van der Waals surface area contributed by atoms with Crippen LogP contribution in [0.3, 0.4) is 0 Å². The Hall–Kier alpha value is -1.23. The Kier molecular flexibility index (Phi) is 4.15. The van der Waals surface area contributed by atoms with Gasteiger partial charge in [0.05, 0.1) is 5.01 Å². The molecule has 0 bridgehead atoms. The smallest absolute Gasteiger partial charge is 0.0897 e. The van der Waals surface area contributed by atoms with E-state index in [1.54, 1.807) is 11.3 Å². The molecule has 1 fully saturated rings. The molecule has 20 heavy (non-hydrogen) atoms. The van der Waals surface area contributed by atoms with E-state index in [9.17, 15) is 0 Å². The summed E-state index contributed by atoms with van der Waals surface area (Å²) >= 11 is 1.80. The van der Waals surface area contributed by atoms with Crippen LogP contribution in [0.1, 0.15) is 21.4 Å². The van der Waals surface area contributed by atoms with Crippen molar-refractivity contribution in [1.82, 2.24) is 9.88 Å². The number of thiazole rings is 1. The second kappa shape index (κ2) is 6.04. The van der Waals surface area contributed by atoms with Gasteiger partial charge in [-0.25, -0.2) is 4.98 Å². The Labute approximate surface area is 124 Å². The summed E-state index contributed by atoms with van der Waals surface area (Å²) in [5.41, 5.74) is 7.41. The third-order valence-corrected chi connectivity index (χ3v) is 4.99. The molecule has 1 saturated heterocycles. The molecule has 1 aromatic carbocycles. The lowest BCUT2D eigenvalue weighted by atomic mass is 9.89. The van der Waals surface area contributed by atoms with Crippen LogP contribution in [0.4, 0.5) is 0 Å². The third-order valence-electron chi connectivity index (χ3n) is 4.10. The zero-order valence-electron chi connectivity index (χ0n) is 11.8. The number of hydrogen-bond donors (Lipinski definition) is 1. The van der Waals surface area contributed by atoms with Crippen LogP contribution in [0.5, 0.6) is 0 Å². The third kappa shape index (κ3) is 2.92. The molecule has 1 aliphatic heterocycles. The zero-order valence-corrected chi connectivity index (χ0v) is 12.6. The standard InChI is InChI=1S/C16H21N3S/c1-12-18-8-15(20-12)10-19-9-14(7-17)16(11-19)13-5-3-2-4-6-13/h2-6,8,14,16H,7,9-11,17H2,1H3/t14-,16+/m1/s1. The summed E-state index contributed by atoms with van der Waals surface area (Å²) in [6, 6.07) is 10.8. The number of benzene rings is 1. The normalized spacial score (nSPS) is 23.3. The molecular weight excluding hydrogens is 266 g/mol. The summed E-state index contributed by atoms with van der Waals surface area (Å²) in [5.74, 6) is 1.13. The number of nitrogens with zero attached hydrogens (tertiary/aromatic N) is 2. The SMILES string of the molecule is Cc1ncc(CN2C[C@@H](CN)[C@H](c3ccccc3)C2)s1. The Morgan fingerprint density at radius 1 is 1.30 bits per heavy atom. The lowest BCUT2D eigenvalue weighted by Crippen LogP contribution is -2.22. The van der Waals surface area contributed by atoms with Crippen LogP contribution in [-0.2, 0) is 6.54 Å². The average molecular weight is 287 g/mol. The monoisotopic (exact) mass is 287 g/mol. The van der Waals surface area contributed by atoms with Crippen LogP contribution in [0.25, 0.3) is 0 Å². The molecule has 0 spiro atoms. The Balaban J connectivity index is 1.71. The first kappa shape index (κ1) is 13.7. The number of aromatic nitrogens is 1. The Bertz CT molecular complexity index is 552. The van der Waals surface area contributed by atoms with Crippen LogP contribution in [-0.4, -0.2) is 29.5 Å². The van der Waals surface area contributed by atoms with Crippen LogP contribution < -0.4 is 5.73 Å². The maximum absolute atomic E-state index is 5.98. The number of hydrogen-bond acceptors (Lipinski definition) is 4. The van der Waals surface area contributed by atoms with Crippen molar-refractivity contribution in [2.45, 2.75) is 19.4 Å². The summed E-state index contributed by atoms with van der Waals surface area (Å²) in [5, 5.41) is 1.15. The van der Waals surface area contributed by atoms with E-state index in [0.29, 0.717) is 11.8 Å². The molecule has 0 unspecified atom stereocenters. The van der Waals surface area contributed by atoms with Crippen LogP contribution >= 0.6 is 11.3 Å². The second-order valence-corrected chi connectivity index (χ2v) is 6.87. The van der Waals surface area contributed by atoms with Gasteiger partial charge in [-0.3, -0.25) is 4.90 Å². The van der Waals surface area contributed by atoms with E-state index < -0.39 is 0 Å². The van der Waals surface area contributed by atoms with Gasteiger partial charge in [0.1, 0.15) is 0 Å². The van der Waals surface area contributed by atoms with Gasteiger partial charge in [-0.1, -0.05) is 30.3 Å². The van der Waals surface area contributed by atoms with E-state index in [4.69, 9.17) is 5.73 Å². The van der Waals surface area contributed by atoms with Crippen LogP contribution in [0.2, 0.25) is 0 Å². The van der Waals surface area contributed by atoms with Crippen molar-refractivity contribution in [1.29, 1.82) is 0 Å². The zero-order chi connectivity index (χ0) is 13.9. The highest BCUT2D eigenvalue weighted by Crippen LogP contribution is 2.33. The number of nitrogens with two attached hydrogens (primary N) is 1. The number of aryl methyl sites for hydroxylation is 1. The number of rotatable bonds is 4. The summed E-state index contributed by atoms with van der Waals surface area (Å²) in [6.07, 6.45) is 2.01. The molecule has 3 nitrogen and oxygen atoms in total. The van der Waals surface area contributed by atoms with Gasteiger partial charge in [0.25, 0.3) is 0 Å². The van der Waals surface area contributed by atoms with Crippen molar-refractivity contribution >= 4 is 11.3 Å². The minimum absolute atomic E-state index is 0.561. The summed E-state index contributed by atoms with van der Waals surface area (Å²) < 4.78 is 0. The summed E-state index contributed by atoms with van der Waals surface area (Å²) in [6.45, 7) is 6.02. The van der Waals surface area contributed by atoms with Gasteiger partial charge in [-0.15, -0.1) is 11.3 Å². The first-order chi connectivity index (χ1) is 9.76. The minimum Gasteiger partial charge on any atom is -0.330 e. The van der Waals surface area contributed by atoms with E-state index >= 15 is 0 Å². The van der Waals surface area contributed by atoms with Gasteiger partial charge in [0.15, 0.2) is 0 Å². The van der Waals surface area contributed by atoms with E-state index in [-0.39, 0.29) is 0 Å². The van der Waals surface area contributed by atoms with Gasteiger partial charge in [0.2, 0.25) is 0 Å². The van der Waals surface area contributed by atoms with E-state index in [1.165, 1.54) is 10.4 Å². The molecule has 1 aliphatic rings. The average Bonchev–Trinajstić information content (AvgIpc) is 3.06. The Morgan fingerprint density at radius 3 is 2.75 bits per heavy atom. The molecular formula is C16H21N3S. The van der Waals surface area contributed by atoms with Gasteiger partial charge in [-0.2, -0.15) is 0 Å². The van der Waals surface area contributed by atoms with Crippen molar-refractivity contribution < 1.29 is 0 Å². The molecule has 106 valence electrons. The molecule has 0 amide bonds.